The highest BCUT2D eigenvalue weighted by Crippen LogP contribution is 2.22. The van der Waals surface area contributed by atoms with Crippen LogP contribution in [0.5, 0.6) is 0 Å². The Bertz CT molecular complexity index is 821. The quantitative estimate of drug-likeness (QED) is 0.491. The fourth-order valence-corrected chi connectivity index (χ4v) is 4.06. The van der Waals surface area contributed by atoms with Crippen molar-refractivity contribution in [3.63, 3.8) is 0 Å². The second-order valence-corrected chi connectivity index (χ2v) is 7.68. The van der Waals surface area contributed by atoms with Crippen LogP contribution in [0, 0.1) is 0 Å². The number of halogens is 1. The van der Waals surface area contributed by atoms with Crippen LogP contribution in [0.3, 0.4) is 0 Å². The first-order chi connectivity index (χ1) is 12.1. The molecule has 0 atom stereocenters. The fourth-order valence-electron chi connectivity index (χ4n) is 2.81. The highest BCUT2D eigenvalue weighted by atomic mass is 35.5. The Morgan fingerprint density at radius 2 is 2.08 bits per heavy atom. The maximum absolute atomic E-state index is 12.0. The van der Waals surface area contributed by atoms with Gasteiger partial charge in [0, 0.05) is 31.6 Å². The van der Waals surface area contributed by atoms with Crippen molar-refractivity contribution in [3.05, 3.63) is 41.5 Å². The van der Waals surface area contributed by atoms with Gasteiger partial charge in [-0.25, -0.2) is 8.42 Å². The highest BCUT2D eigenvalue weighted by molar-refractivity contribution is 7.90. The van der Waals surface area contributed by atoms with E-state index in [0.717, 1.165) is 19.5 Å². The Morgan fingerprint density at radius 3 is 2.85 bits per heavy atom. The Hall–Kier alpha value is -1.90. The standard InChI is InChI=1S/C17H22N4O3S.ClH/c22-16(20-12-13-7-10-18-11-8-13)6-3-9-19-17-14-4-1-2-5-15(14)25(23,24)21-17;/h1-2,4-5,7,18H,3,6,8-12H2,(H,19,21)(H,20,22);1H. The molecule has 0 saturated carbocycles. The van der Waals surface area contributed by atoms with Crippen molar-refractivity contribution in [1.82, 2.24) is 15.4 Å². The van der Waals surface area contributed by atoms with Gasteiger partial charge in [0.15, 0.2) is 0 Å². The minimum absolute atomic E-state index is 0. The van der Waals surface area contributed by atoms with Crippen molar-refractivity contribution >= 4 is 34.2 Å². The molecule has 3 N–H and O–H groups in total. The van der Waals surface area contributed by atoms with Crippen molar-refractivity contribution in [1.29, 1.82) is 0 Å². The smallest absolute Gasteiger partial charge is 0.263 e. The van der Waals surface area contributed by atoms with E-state index in [1.807, 2.05) is 0 Å². The lowest BCUT2D eigenvalue weighted by atomic mass is 10.1. The van der Waals surface area contributed by atoms with Crippen LogP contribution in [0.2, 0.25) is 0 Å². The minimum Gasteiger partial charge on any atom is -0.352 e. The third-order valence-electron chi connectivity index (χ3n) is 4.17. The highest BCUT2D eigenvalue weighted by Gasteiger charge is 2.29. The summed E-state index contributed by atoms with van der Waals surface area (Å²) >= 11 is 0. The average Bonchev–Trinajstić information content (AvgIpc) is 2.89. The Kier molecular flexibility index (Phi) is 7.19. The molecule has 1 aromatic rings. The number of nitrogens with one attached hydrogen (secondary N) is 3. The zero-order valence-corrected chi connectivity index (χ0v) is 16.0. The summed E-state index contributed by atoms with van der Waals surface area (Å²) in [5, 5.41) is 6.15. The van der Waals surface area contributed by atoms with Gasteiger partial charge in [0.1, 0.15) is 5.84 Å². The predicted molar refractivity (Wildman–Crippen MR) is 103 cm³/mol. The van der Waals surface area contributed by atoms with Crippen molar-refractivity contribution < 1.29 is 13.2 Å². The lowest BCUT2D eigenvalue weighted by Crippen LogP contribution is -2.29. The number of sulfonamides is 1. The lowest BCUT2D eigenvalue weighted by molar-refractivity contribution is -0.121. The van der Waals surface area contributed by atoms with E-state index in [-0.39, 0.29) is 23.2 Å². The van der Waals surface area contributed by atoms with E-state index in [1.54, 1.807) is 24.3 Å². The van der Waals surface area contributed by atoms with Crippen molar-refractivity contribution in [2.24, 2.45) is 4.99 Å². The summed E-state index contributed by atoms with van der Waals surface area (Å²) < 4.78 is 26.4. The van der Waals surface area contributed by atoms with Crippen molar-refractivity contribution in [3.8, 4) is 0 Å². The Labute approximate surface area is 159 Å². The molecule has 3 rings (SSSR count). The number of rotatable bonds is 6. The average molecular weight is 399 g/mol. The van der Waals surface area contributed by atoms with Crippen LogP contribution in [-0.2, 0) is 14.8 Å². The van der Waals surface area contributed by atoms with Crippen LogP contribution in [0.4, 0.5) is 0 Å². The number of hydrogen-bond donors (Lipinski definition) is 3. The van der Waals surface area contributed by atoms with E-state index in [2.05, 4.69) is 26.4 Å². The topological polar surface area (TPSA) is 99.7 Å². The van der Waals surface area contributed by atoms with Crippen LogP contribution in [0.25, 0.3) is 0 Å². The number of amides is 1. The largest absolute Gasteiger partial charge is 0.352 e. The predicted octanol–water partition coefficient (Wildman–Crippen LogP) is 0.963. The molecule has 1 aromatic carbocycles. The molecule has 0 saturated heterocycles. The molecule has 0 unspecified atom stereocenters. The maximum atomic E-state index is 12.0. The summed E-state index contributed by atoms with van der Waals surface area (Å²) in [6, 6.07) is 6.75. The molecule has 0 fully saturated rings. The van der Waals surface area contributed by atoms with Crippen molar-refractivity contribution in [2.45, 2.75) is 24.2 Å². The van der Waals surface area contributed by atoms with Gasteiger partial charge in [-0.15, -0.1) is 12.4 Å². The zero-order chi connectivity index (χ0) is 17.7. The van der Waals surface area contributed by atoms with Gasteiger partial charge in [0.05, 0.1) is 4.90 Å². The molecule has 142 valence electrons. The molecule has 2 aliphatic rings. The van der Waals surface area contributed by atoms with E-state index < -0.39 is 10.0 Å². The zero-order valence-electron chi connectivity index (χ0n) is 14.3. The number of amidine groups is 1. The van der Waals surface area contributed by atoms with E-state index in [1.165, 1.54) is 5.57 Å². The van der Waals surface area contributed by atoms with Gasteiger partial charge in [0.2, 0.25) is 5.91 Å². The minimum atomic E-state index is -3.50. The SMILES string of the molecule is Cl.O=C(CCCN=C1NS(=O)(=O)c2ccccc21)NCC1=CCNCC1. The molecule has 9 heteroatoms. The second-order valence-electron chi connectivity index (χ2n) is 6.03. The molecule has 0 aromatic heterocycles. The maximum Gasteiger partial charge on any atom is 0.263 e. The molecule has 0 aliphatic carbocycles. The number of aliphatic imine (C=N–C) groups is 1. The molecule has 7 nitrogen and oxygen atoms in total. The van der Waals surface area contributed by atoms with E-state index in [4.69, 9.17) is 0 Å². The molecular weight excluding hydrogens is 376 g/mol. The van der Waals surface area contributed by atoms with Gasteiger partial charge in [-0.1, -0.05) is 23.8 Å². The number of nitrogens with zero attached hydrogens (tertiary/aromatic N) is 1. The molecule has 0 spiro atoms. The van der Waals surface area contributed by atoms with Crippen LogP contribution in [0.15, 0.2) is 45.8 Å². The number of carbonyl (C=O) groups excluding carboxylic acids is 1. The summed E-state index contributed by atoms with van der Waals surface area (Å²) in [4.78, 5) is 16.4. The van der Waals surface area contributed by atoms with Gasteiger partial charge in [-0.2, -0.15) is 0 Å². The lowest BCUT2D eigenvalue weighted by Gasteiger charge is -2.14. The molecular formula is C17H23ClN4O3S. The first-order valence-corrected chi connectivity index (χ1v) is 9.86. The number of fused-ring (bicyclic) bond motifs is 1. The molecule has 0 bridgehead atoms. The molecule has 26 heavy (non-hydrogen) atoms. The Balaban J connectivity index is 0.00000243. The summed E-state index contributed by atoms with van der Waals surface area (Å²) in [6.07, 6.45) is 4.02. The molecule has 0 radical (unpaired) electrons. The summed E-state index contributed by atoms with van der Waals surface area (Å²) in [5.74, 6) is 0.350. The summed E-state index contributed by atoms with van der Waals surface area (Å²) in [6.45, 7) is 2.81. The molecule has 2 heterocycles. The fraction of sp³-hybridized carbons (Fsp3) is 0.412. The van der Waals surface area contributed by atoms with Gasteiger partial charge in [-0.05, 0) is 31.5 Å². The van der Waals surface area contributed by atoms with Crippen molar-refractivity contribution in [2.75, 3.05) is 26.2 Å². The van der Waals surface area contributed by atoms with Gasteiger partial charge >= 0.3 is 0 Å². The van der Waals surface area contributed by atoms with Crippen LogP contribution < -0.4 is 15.4 Å². The second kappa shape index (κ2) is 9.16. The van der Waals surface area contributed by atoms with Gasteiger partial charge in [-0.3, -0.25) is 14.5 Å². The van der Waals surface area contributed by atoms with Gasteiger partial charge < -0.3 is 10.6 Å². The normalized spacial score (nSPS) is 19.1. The number of benzene rings is 1. The molecule has 1 amide bonds. The van der Waals surface area contributed by atoms with Crippen LogP contribution in [-0.4, -0.2) is 46.3 Å². The van der Waals surface area contributed by atoms with E-state index in [0.29, 0.717) is 37.3 Å². The monoisotopic (exact) mass is 398 g/mol. The third kappa shape index (κ3) is 5.06. The number of hydrogen-bond acceptors (Lipinski definition) is 5. The summed E-state index contributed by atoms with van der Waals surface area (Å²) in [5.41, 5.74) is 1.84. The van der Waals surface area contributed by atoms with Crippen LogP contribution in [0.1, 0.15) is 24.8 Å². The van der Waals surface area contributed by atoms with E-state index >= 15 is 0 Å². The Morgan fingerprint density at radius 1 is 1.27 bits per heavy atom. The van der Waals surface area contributed by atoms with Crippen LogP contribution >= 0.6 is 12.4 Å². The first kappa shape index (κ1) is 20.4. The third-order valence-corrected chi connectivity index (χ3v) is 5.56. The number of carbonyl (C=O) groups is 1. The summed E-state index contributed by atoms with van der Waals surface area (Å²) in [7, 11) is -3.50. The van der Waals surface area contributed by atoms with Gasteiger partial charge in [0.25, 0.3) is 10.0 Å². The first-order valence-electron chi connectivity index (χ1n) is 8.38. The van der Waals surface area contributed by atoms with E-state index in [9.17, 15) is 13.2 Å². The molecule has 2 aliphatic heterocycles.